The van der Waals surface area contributed by atoms with Crippen molar-refractivity contribution in [3.63, 3.8) is 0 Å². The first-order valence-corrected chi connectivity index (χ1v) is 8.56. The molecule has 0 radical (unpaired) electrons. The number of phenols is 1. The highest BCUT2D eigenvalue weighted by Crippen LogP contribution is 2.39. The van der Waals surface area contributed by atoms with Crippen LogP contribution < -0.4 is 0 Å². The molecule has 0 fully saturated rings. The lowest BCUT2D eigenvalue weighted by molar-refractivity contribution is 0.340. The van der Waals surface area contributed by atoms with Crippen LogP contribution >= 0.6 is 7.75 Å². The number of aliphatic hydroxyl groups excluding tert-OH is 2. The van der Waals surface area contributed by atoms with Crippen molar-refractivity contribution in [1.29, 1.82) is 0 Å². The summed E-state index contributed by atoms with van der Waals surface area (Å²) in [5, 5.41) is 28.8. The Bertz CT molecular complexity index is 718. The van der Waals surface area contributed by atoms with E-state index in [0.29, 0.717) is 19.3 Å². The van der Waals surface area contributed by atoms with Crippen molar-refractivity contribution in [2.75, 3.05) is 0 Å². The third kappa shape index (κ3) is 5.25. The summed E-state index contributed by atoms with van der Waals surface area (Å²) in [5.74, 6) is -1.01. The number of aryl methyl sites for hydroxylation is 1. The molecule has 0 saturated carbocycles. The van der Waals surface area contributed by atoms with E-state index in [1.165, 1.54) is 0 Å². The highest BCUT2D eigenvalue weighted by Gasteiger charge is 2.26. The number of allylic oxidation sites excluding steroid dienone is 3. The van der Waals surface area contributed by atoms with Crippen molar-refractivity contribution >= 4 is 13.5 Å². The SMILES string of the molecule is O=P(O)(O)/N=C1\C=C(O)C=C(O)C1CCCc1cccc(O)c1. The minimum Gasteiger partial charge on any atom is -0.511 e. The van der Waals surface area contributed by atoms with Crippen LogP contribution in [0.2, 0.25) is 0 Å². The Balaban J connectivity index is 2.08. The Labute approximate surface area is 133 Å². The summed E-state index contributed by atoms with van der Waals surface area (Å²) >= 11 is 0. The first kappa shape index (κ1) is 17.3. The van der Waals surface area contributed by atoms with E-state index in [1.54, 1.807) is 18.2 Å². The molecule has 1 atom stereocenters. The van der Waals surface area contributed by atoms with Crippen LogP contribution in [0.15, 0.2) is 52.7 Å². The molecule has 1 unspecified atom stereocenters. The molecule has 0 aliphatic heterocycles. The minimum atomic E-state index is -4.66. The molecule has 7 nitrogen and oxygen atoms in total. The predicted molar refractivity (Wildman–Crippen MR) is 85.4 cm³/mol. The number of hydrogen-bond donors (Lipinski definition) is 5. The number of aromatic hydroxyl groups is 1. The molecule has 0 spiro atoms. The molecule has 0 aromatic heterocycles. The minimum absolute atomic E-state index is 0.0493. The monoisotopic (exact) mass is 339 g/mol. The van der Waals surface area contributed by atoms with E-state index in [0.717, 1.165) is 17.7 Å². The molecule has 1 aliphatic carbocycles. The van der Waals surface area contributed by atoms with Crippen molar-refractivity contribution in [3.05, 3.63) is 53.5 Å². The highest BCUT2D eigenvalue weighted by atomic mass is 31.2. The zero-order chi connectivity index (χ0) is 17.0. The molecular weight excluding hydrogens is 321 g/mol. The predicted octanol–water partition coefficient (Wildman–Crippen LogP) is 2.76. The molecule has 0 amide bonds. The zero-order valence-electron chi connectivity index (χ0n) is 12.2. The van der Waals surface area contributed by atoms with Gasteiger partial charge in [0.2, 0.25) is 0 Å². The first-order chi connectivity index (χ1) is 10.7. The van der Waals surface area contributed by atoms with Crippen molar-refractivity contribution in [2.24, 2.45) is 10.7 Å². The van der Waals surface area contributed by atoms with E-state index in [2.05, 4.69) is 4.76 Å². The van der Waals surface area contributed by atoms with Gasteiger partial charge in [-0.25, -0.2) is 4.57 Å². The second-order valence-electron chi connectivity index (χ2n) is 5.29. The lowest BCUT2D eigenvalue weighted by Crippen LogP contribution is -2.19. The molecular formula is C15H18NO6P. The Morgan fingerprint density at radius 2 is 1.87 bits per heavy atom. The van der Waals surface area contributed by atoms with Gasteiger partial charge in [0.15, 0.2) is 0 Å². The van der Waals surface area contributed by atoms with Crippen LogP contribution in [0.1, 0.15) is 18.4 Å². The molecule has 8 heteroatoms. The summed E-state index contributed by atoms with van der Waals surface area (Å²) < 4.78 is 14.4. The third-order valence-electron chi connectivity index (χ3n) is 3.42. The Morgan fingerprint density at radius 3 is 2.52 bits per heavy atom. The molecule has 0 bridgehead atoms. The van der Waals surface area contributed by atoms with Gasteiger partial charge in [-0.1, -0.05) is 12.1 Å². The Morgan fingerprint density at radius 1 is 1.13 bits per heavy atom. The number of phenolic OH excluding ortho intramolecular Hbond substituents is 1. The lowest BCUT2D eigenvalue weighted by atomic mass is 9.90. The van der Waals surface area contributed by atoms with E-state index in [9.17, 15) is 19.9 Å². The maximum Gasteiger partial charge on any atom is 0.448 e. The second-order valence-corrected chi connectivity index (χ2v) is 6.52. The molecule has 1 aliphatic rings. The number of hydrogen-bond acceptors (Lipinski definition) is 4. The summed E-state index contributed by atoms with van der Waals surface area (Å²) in [6, 6.07) is 6.78. The van der Waals surface area contributed by atoms with Gasteiger partial charge < -0.3 is 25.1 Å². The number of aliphatic hydroxyl groups is 2. The fourth-order valence-corrected chi connectivity index (χ4v) is 2.96. The molecule has 1 aromatic rings. The second kappa shape index (κ2) is 7.00. The normalized spacial score (nSPS) is 20.3. The van der Waals surface area contributed by atoms with E-state index in [1.807, 2.05) is 6.07 Å². The molecule has 0 saturated heterocycles. The topological polar surface area (TPSA) is 131 Å². The maximum atomic E-state index is 11.1. The fraction of sp³-hybridized carbons (Fsp3) is 0.267. The van der Waals surface area contributed by atoms with Crippen LogP contribution in [0.4, 0.5) is 0 Å². The van der Waals surface area contributed by atoms with E-state index in [4.69, 9.17) is 9.79 Å². The third-order valence-corrected chi connectivity index (χ3v) is 3.91. The number of nitrogens with zero attached hydrogens (tertiary/aromatic N) is 1. The van der Waals surface area contributed by atoms with Crippen molar-refractivity contribution in [3.8, 4) is 5.75 Å². The maximum absolute atomic E-state index is 11.1. The zero-order valence-corrected chi connectivity index (χ0v) is 13.1. The quantitative estimate of drug-likeness (QED) is 0.524. The van der Waals surface area contributed by atoms with Gasteiger partial charge in [0, 0.05) is 12.2 Å². The average molecular weight is 339 g/mol. The van der Waals surface area contributed by atoms with E-state index in [-0.39, 0.29) is 23.0 Å². The molecule has 23 heavy (non-hydrogen) atoms. The highest BCUT2D eigenvalue weighted by molar-refractivity contribution is 7.50. The van der Waals surface area contributed by atoms with Crippen molar-refractivity contribution < 1.29 is 29.7 Å². The van der Waals surface area contributed by atoms with Crippen molar-refractivity contribution in [1.82, 2.24) is 0 Å². The van der Waals surface area contributed by atoms with E-state index >= 15 is 0 Å². The largest absolute Gasteiger partial charge is 0.511 e. The van der Waals surface area contributed by atoms with Crippen LogP contribution in [0, 0.1) is 5.92 Å². The first-order valence-electron chi connectivity index (χ1n) is 6.99. The van der Waals surface area contributed by atoms with Gasteiger partial charge in [0.1, 0.15) is 17.3 Å². The summed E-state index contributed by atoms with van der Waals surface area (Å²) in [7, 11) is -4.66. The Kier molecular flexibility index (Phi) is 5.26. The summed E-state index contributed by atoms with van der Waals surface area (Å²) in [4.78, 5) is 18.0. The fourth-order valence-electron chi connectivity index (χ4n) is 2.46. The lowest BCUT2D eigenvalue weighted by Gasteiger charge is -2.20. The Hall–Kier alpha value is -2.08. The standard InChI is InChI=1S/C15H18NO6P/c17-11-5-1-3-10(7-11)4-2-6-13-14(16-23(20,21)22)8-12(18)9-15(13)19/h1,3,5,7-9,13,17-19H,2,4,6H2,(H2,20,21,22)/b16-14+. The molecule has 0 heterocycles. The summed E-state index contributed by atoms with van der Waals surface area (Å²) in [6.45, 7) is 0. The van der Waals surface area contributed by atoms with Crippen LogP contribution in [-0.4, -0.2) is 30.8 Å². The number of rotatable bonds is 5. The van der Waals surface area contributed by atoms with E-state index < -0.39 is 13.7 Å². The molecule has 5 N–H and O–H groups in total. The average Bonchev–Trinajstić information content (AvgIpc) is 2.40. The van der Waals surface area contributed by atoms with Gasteiger partial charge in [0.05, 0.1) is 11.6 Å². The number of benzene rings is 1. The smallest absolute Gasteiger partial charge is 0.448 e. The van der Waals surface area contributed by atoms with Gasteiger partial charge >= 0.3 is 7.75 Å². The van der Waals surface area contributed by atoms with Gasteiger partial charge in [-0.3, -0.25) is 0 Å². The molecule has 124 valence electrons. The van der Waals surface area contributed by atoms with Crippen LogP contribution in [0.25, 0.3) is 0 Å². The molecule has 1 aromatic carbocycles. The molecule has 2 rings (SSSR count). The van der Waals surface area contributed by atoms with Crippen LogP contribution in [0.3, 0.4) is 0 Å². The van der Waals surface area contributed by atoms with Crippen molar-refractivity contribution in [2.45, 2.75) is 19.3 Å². The summed E-state index contributed by atoms with van der Waals surface area (Å²) in [5.41, 5.74) is 0.864. The van der Waals surface area contributed by atoms with Crippen LogP contribution in [0.5, 0.6) is 5.75 Å². The van der Waals surface area contributed by atoms with Gasteiger partial charge in [-0.05, 0) is 37.0 Å². The van der Waals surface area contributed by atoms with Gasteiger partial charge in [0.25, 0.3) is 0 Å². The van der Waals surface area contributed by atoms with Gasteiger partial charge in [-0.15, -0.1) is 0 Å². The summed E-state index contributed by atoms with van der Waals surface area (Å²) in [6.07, 6.45) is 3.88. The van der Waals surface area contributed by atoms with Gasteiger partial charge in [-0.2, -0.15) is 4.76 Å². The van der Waals surface area contributed by atoms with Crippen LogP contribution in [-0.2, 0) is 11.0 Å².